The second-order valence-electron chi connectivity index (χ2n) is 5.88. The molecule has 0 aliphatic rings. The highest BCUT2D eigenvalue weighted by Crippen LogP contribution is 2.30. The lowest BCUT2D eigenvalue weighted by atomic mass is 10.1. The molecule has 136 valence electrons. The van der Waals surface area contributed by atoms with Crippen molar-refractivity contribution in [2.75, 3.05) is 6.54 Å². The van der Waals surface area contributed by atoms with Crippen molar-refractivity contribution in [2.45, 2.75) is 33.5 Å². The van der Waals surface area contributed by atoms with Gasteiger partial charge in [-0.3, -0.25) is 14.3 Å². The molecular formula is C15H18F3N5O2. The molecule has 0 unspecified atom stereocenters. The number of amides is 1. The monoisotopic (exact) mass is 357 g/mol. The molecule has 0 saturated heterocycles. The number of rotatable bonds is 5. The summed E-state index contributed by atoms with van der Waals surface area (Å²) in [5, 5.41) is 6.37. The summed E-state index contributed by atoms with van der Waals surface area (Å²) in [6, 6.07) is 0.975. The Morgan fingerprint density at radius 2 is 2.08 bits per heavy atom. The van der Waals surface area contributed by atoms with Crippen LogP contribution < -0.4 is 10.9 Å². The number of nitrogens with one attached hydrogen (secondary N) is 2. The second-order valence-corrected chi connectivity index (χ2v) is 5.88. The summed E-state index contributed by atoms with van der Waals surface area (Å²) < 4.78 is 39.7. The minimum absolute atomic E-state index is 0.0224. The molecule has 0 saturated carbocycles. The van der Waals surface area contributed by atoms with Crippen LogP contribution in [0.3, 0.4) is 0 Å². The number of halogens is 3. The number of H-pyrrole nitrogens is 1. The molecule has 2 rings (SSSR count). The highest BCUT2D eigenvalue weighted by Gasteiger charge is 2.35. The van der Waals surface area contributed by atoms with Gasteiger partial charge in [0.25, 0.3) is 11.5 Å². The van der Waals surface area contributed by atoms with E-state index in [1.165, 1.54) is 6.92 Å². The Labute approximate surface area is 141 Å². The Bertz CT molecular complexity index is 825. The van der Waals surface area contributed by atoms with Gasteiger partial charge in [0.15, 0.2) is 0 Å². The van der Waals surface area contributed by atoms with Crippen LogP contribution in [0.2, 0.25) is 0 Å². The van der Waals surface area contributed by atoms with E-state index in [4.69, 9.17) is 0 Å². The summed E-state index contributed by atoms with van der Waals surface area (Å²) in [4.78, 5) is 29.9. The lowest BCUT2D eigenvalue weighted by Crippen LogP contribution is -2.34. The molecule has 0 aliphatic heterocycles. The number of carbonyl (C=O) groups is 1. The molecular weight excluding hydrogens is 339 g/mol. The summed E-state index contributed by atoms with van der Waals surface area (Å²) in [5.74, 6) is -0.584. The first-order valence-electron chi connectivity index (χ1n) is 7.53. The van der Waals surface area contributed by atoms with E-state index in [1.807, 2.05) is 0 Å². The number of hydrogen-bond acceptors (Lipinski definition) is 4. The van der Waals surface area contributed by atoms with E-state index in [9.17, 15) is 22.8 Å². The van der Waals surface area contributed by atoms with Gasteiger partial charge in [0.2, 0.25) is 0 Å². The molecule has 2 aromatic heterocycles. The summed E-state index contributed by atoms with van der Waals surface area (Å²) in [6.45, 7) is 4.80. The van der Waals surface area contributed by atoms with Crippen LogP contribution >= 0.6 is 0 Å². The van der Waals surface area contributed by atoms with Gasteiger partial charge in [-0.25, -0.2) is 4.98 Å². The van der Waals surface area contributed by atoms with Gasteiger partial charge < -0.3 is 10.3 Å². The summed E-state index contributed by atoms with van der Waals surface area (Å²) in [7, 11) is 0. The van der Waals surface area contributed by atoms with E-state index in [-0.39, 0.29) is 30.3 Å². The number of aryl methyl sites for hydroxylation is 2. The van der Waals surface area contributed by atoms with Gasteiger partial charge in [-0.1, -0.05) is 6.92 Å². The Hall–Kier alpha value is -2.65. The Morgan fingerprint density at radius 1 is 1.40 bits per heavy atom. The Balaban J connectivity index is 2.01. The number of aromatic amines is 1. The molecule has 0 spiro atoms. The van der Waals surface area contributed by atoms with Crippen LogP contribution in [0.15, 0.2) is 17.1 Å². The number of aromatic nitrogens is 4. The van der Waals surface area contributed by atoms with Gasteiger partial charge >= 0.3 is 6.18 Å². The van der Waals surface area contributed by atoms with E-state index in [0.29, 0.717) is 5.82 Å². The number of carbonyl (C=O) groups excluding carboxylic acids is 1. The summed E-state index contributed by atoms with van der Waals surface area (Å²) in [5.41, 5.74) is -1.29. The fourth-order valence-corrected chi connectivity index (χ4v) is 2.28. The van der Waals surface area contributed by atoms with Crippen LogP contribution in [0.5, 0.6) is 0 Å². The second kappa shape index (κ2) is 7.08. The molecule has 10 heteroatoms. The highest BCUT2D eigenvalue weighted by atomic mass is 19.4. The van der Waals surface area contributed by atoms with Crippen molar-refractivity contribution in [3.8, 4) is 0 Å². The predicted molar refractivity (Wildman–Crippen MR) is 83.1 cm³/mol. The van der Waals surface area contributed by atoms with Crippen LogP contribution in [-0.2, 0) is 12.7 Å². The van der Waals surface area contributed by atoms with E-state index in [0.717, 1.165) is 16.9 Å². The van der Waals surface area contributed by atoms with E-state index < -0.39 is 23.3 Å². The van der Waals surface area contributed by atoms with Crippen LogP contribution in [0.25, 0.3) is 0 Å². The van der Waals surface area contributed by atoms with E-state index >= 15 is 0 Å². The third kappa shape index (κ3) is 4.68. The summed E-state index contributed by atoms with van der Waals surface area (Å²) in [6.07, 6.45) is -3.34. The largest absolute Gasteiger partial charge is 0.433 e. The molecule has 2 N–H and O–H groups in total. The fraction of sp³-hybridized carbons (Fsp3) is 0.467. The molecule has 0 bridgehead atoms. The van der Waals surface area contributed by atoms with Crippen LogP contribution in [-0.4, -0.2) is 32.2 Å². The molecule has 1 amide bonds. The lowest BCUT2D eigenvalue weighted by Gasteiger charge is -2.15. The zero-order chi connectivity index (χ0) is 18.8. The quantitative estimate of drug-likeness (QED) is 0.851. The maximum absolute atomic E-state index is 12.9. The van der Waals surface area contributed by atoms with Crippen molar-refractivity contribution in [1.82, 2.24) is 25.1 Å². The maximum Gasteiger partial charge on any atom is 0.433 e. The Kier molecular flexibility index (Phi) is 5.29. The lowest BCUT2D eigenvalue weighted by molar-refractivity contribution is -0.144. The van der Waals surface area contributed by atoms with Crippen LogP contribution in [0, 0.1) is 19.8 Å². The molecule has 0 radical (unpaired) electrons. The van der Waals surface area contributed by atoms with Crippen molar-refractivity contribution >= 4 is 5.91 Å². The van der Waals surface area contributed by atoms with Crippen molar-refractivity contribution < 1.29 is 18.0 Å². The van der Waals surface area contributed by atoms with Gasteiger partial charge in [0.1, 0.15) is 17.1 Å². The number of alkyl halides is 3. The van der Waals surface area contributed by atoms with Gasteiger partial charge in [0, 0.05) is 19.3 Å². The van der Waals surface area contributed by atoms with E-state index in [1.54, 1.807) is 13.8 Å². The predicted octanol–water partition coefficient (Wildman–Crippen LogP) is 1.67. The molecule has 0 aliphatic carbocycles. The minimum Gasteiger partial charge on any atom is -0.351 e. The minimum atomic E-state index is -4.49. The van der Waals surface area contributed by atoms with Crippen molar-refractivity contribution in [2.24, 2.45) is 5.92 Å². The molecule has 0 aromatic carbocycles. The van der Waals surface area contributed by atoms with Crippen LogP contribution in [0.4, 0.5) is 13.2 Å². The standard InChI is InChI=1S/C15H18F3N5O2/c1-8(7-23-12(15(16,17)18)4-9(2)22-23)5-20-13(24)11-6-19-10(3)21-14(11)25/h4,6,8H,5,7H2,1-3H3,(H,20,24)(H,19,21,25)/t8-/m1/s1. The molecule has 2 aromatic rings. The highest BCUT2D eigenvalue weighted by molar-refractivity contribution is 5.93. The normalized spacial score (nSPS) is 12.9. The zero-order valence-corrected chi connectivity index (χ0v) is 13.9. The first-order valence-corrected chi connectivity index (χ1v) is 7.53. The molecule has 1 atom stereocenters. The van der Waals surface area contributed by atoms with Crippen LogP contribution in [0.1, 0.15) is 34.5 Å². The van der Waals surface area contributed by atoms with Gasteiger partial charge in [-0.05, 0) is 25.8 Å². The van der Waals surface area contributed by atoms with Gasteiger partial charge in [0.05, 0.1) is 5.69 Å². The average Bonchev–Trinajstić information content (AvgIpc) is 2.85. The fourth-order valence-electron chi connectivity index (χ4n) is 2.28. The van der Waals surface area contributed by atoms with Crippen molar-refractivity contribution in [3.05, 3.63) is 45.4 Å². The molecule has 0 fully saturated rings. The third-order valence-corrected chi connectivity index (χ3v) is 3.46. The average molecular weight is 357 g/mol. The third-order valence-electron chi connectivity index (χ3n) is 3.46. The SMILES string of the molecule is Cc1cc(C(F)(F)F)n(C[C@H](C)CNC(=O)c2cnc(C)[nH]c2=O)n1. The first kappa shape index (κ1) is 18.7. The van der Waals surface area contributed by atoms with Gasteiger partial charge in [-0.2, -0.15) is 18.3 Å². The Morgan fingerprint density at radius 3 is 2.68 bits per heavy atom. The van der Waals surface area contributed by atoms with Crippen molar-refractivity contribution in [3.63, 3.8) is 0 Å². The topological polar surface area (TPSA) is 92.7 Å². The molecule has 25 heavy (non-hydrogen) atoms. The molecule has 7 nitrogen and oxygen atoms in total. The molecule has 2 heterocycles. The zero-order valence-electron chi connectivity index (χ0n) is 13.9. The van der Waals surface area contributed by atoms with E-state index in [2.05, 4.69) is 20.4 Å². The summed E-state index contributed by atoms with van der Waals surface area (Å²) >= 11 is 0. The van der Waals surface area contributed by atoms with Crippen molar-refractivity contribution in [1.29, 1.82) is 0 Å². The smallest absolute Gasteiger partial charge is 0.351 e. The number of nitrogens with zero attached hydrogens (tertiary/aromatic N) is 3. The number of hydrogen-bond donors (Lipinski definition) is 2. The first-order chi connectivity index (χ1) is 11.6. The maximum atomic E-state index is 12.9. The van der Waals surface area contributed by atoms with Gasteiger partial charge in [-0.15, -0.1) is 0 Å².